The quantitative estimate of drug-likeness (QED) is 0.450. The van der Waals surface area contributed by atoms with E-state index in [2.05, 4.69) is 4.98 Å². The number of aliphatic hydroxyl groups is 1. The number of imidazole rings is 1. The maximum absolute atomic E-state index is 12.4. The lowest BCUT2D eigenvalue weighted by Crippen LogP contribution is -2.41. The molecular formula is C29H31N5O2. The predicted molar refractivity (Wildman–Crippen MR) is 139 cm³/mol. The van der Waals surface area contributed by atoms with E-state index in [-0.39, 0.29) is 11.8 Å². The van der Waals surface area contributed by atoms with Crippen molar-refractivity contribution in [1.29, 1.82) is 0 Å². The van der Waals surface area contributed by atoms with Crippen LogP contribution >= 0.6 is 0 Å². The number of anilines is 1. The van der Waals surface area contributed by atoms with Gasteiger partial charge in [-0.15, -0.1) is 0 Å². The van der Waals surface area contributed by atoms with Crippen molar-refractivity contribution in [2.24, 2.45) is 0 Å². The summed E-state index contributed by atoms with van der Waals surface area (Å²) in [6, 6.07) is 16.1. The number of aromatic nitrogens is 3. The number of nitrogen functional groups attached to an aromatic ring is 1. The van der Waals surface area contributed by atoms with Gasteiger partial charge in [-0.25, -0.2) is 9.97 Å². The van der Waals surface area contributed by atoms with Crippen LogP contribution in [0.15, 0.2) is 60.9 Å². The molecule has 2 aliphatic heterocycles. The summed E-state index contributed by atoms with van der Waals surface area (Å²) in [7, 11) is 0. The molecule has 36 heavy (non-hydrogen) atoms. The molecule has 4 aromatic rings. The van der Waals surface area contributed by atoms with Crippen LogP contribution in [0.3, 0.4) is 0 Å². The van der Waals surface area contributed by atoms with Crippen LogP contribution in [0.4, 0.5) is 5.82 Å². The van der Waals surface area contributed by atoms with E-state index in [1.165, 1.54) is 0 Å². The summed E-state index contributed by atoms with van der Waals surface area (Å²) in [4.78, 5) is 23.9. The Morgan fingerprint density at radius 1 is 1.08 bits per heavy atom. The van der Waals surface area contributed by atoms with E-state index in [4.69, 9.17) is 10.7 Å². The van der Waals surface area contributed by atoms with Gasteiger partial charge in [-0.05, 0) is 49.8 Å². The second-order valence-electron chi connectivity index (χ2n) is 10.3. The first kappa shape index (κ1) is 22.7. The minimum Gasteiger partial charge on any atom is -0.382 e. The highest BCUT2D eigenvalue weighted by Gasteiger charge is 2.38. The number of carbonyl (C=O) groups is 1. The second-order valence-corrected chi connectivity index (χ2v) is 10.3. The van der Waals surface area contributed by atoms with Gasteiger partial charge in [0.05, 0.1) is 0 Å². The van der Waals surface area contributed by atoms with Crippen molar-refractivity contribution >= 4 is 17.2 Å². The van der Waals surface area contributed by atoms with Crippen LogP contribution < -0.4 is 5.73 Å². The molecule has 2 aromatic heterocycles. The van der Waals surface area contributed by atoms with E-state index in [9.17, 15) is 9.90 Å². The molecule has 0 bridgehead atoms. The van der Waals surface area contributed by atoms with Crippen molar-refractivity contribution in [3.8, 4) is 11.3 Å². The van der Waals surface area contributed by atoms with Gasteiger partial charge in [0.1, 0.15) is 28.5 Å². The van der Waals surface area contributed by atoms with Gasteiger partial charge in [-0.1, -0.05) is 48.5 Å². The molecule has 2 aliphatic rings. The zero-order valence-electron chi connectivity index (χ0n) is 20.7. The van der Waals surface area contributed by atoms with Crippen molar-refractivity contribution < 1.29 is 9.90 Å². The number of benzene rings is 2. The molecule has 0 aliphatic carbocycles. The number of carbonyl (C=O) groups excluding carboxylic acids is 1. The van der Waals surface area contributed by atoms with Crippen molar-refractivity contribution in [2.45, 2.75) is 57.1 Å². The number of hydrogen-bond donors (Lipinski definition) is 2. The van der Waals surface area contributed by atoms with E-state index in [1.807, 2.05) is 77.9 Å². The second kappa shape index (κ2) is 8.45. The highest BCUT2D eigenvalue weighted by atomic mass is 16.3. The molecule has 4 heterocycles. The third kappa shape index (κ3) is 3.57. The fourth-order valence-electron chi connectivity index (χ4n) is 6.08. The van der Waals surface area contributed by atoms with Crippen LogP contribution in [-0.4, -0.2) is 42.9 Å². The van der Waals surface area contributed by atoms with E-state index in [0.29, 0.717) is 24.8 Å². The molecule has 1 amide bonds. The number of piperidine rings is 1. The minimum absolute atomic E-state index is 0.146. The average Bonchev–Trinajstić information content (AvgIpc) is 3.46. The number of amides is 1. The van der Waals surface area contributed by atoms with Crippen LogP contribution in [0.1, 0.15) is 61.0 Å². The van der Waals surface area contributed by atoms with Crippen LogP contribution in [-0.2, 0) is 10.4 Å². The normalized spacial score (nSPS) is 21.5. The van der Waals surface area contributed by atoms with Gasteiger partial charge in [-0.2, -0.15) is 0 Å². The number of nitrogens with zero attached hydrogens (tertiary/aromatic N) is 4. The van der Waals surface area contributed by atoms with Crippen LogP contribution in [0.5, 0.6) is 0 Å². The topological polar surface area (TPSA) is 96.8 Å². The summed E-state index contributed by atoms with van der Waals surface area (Å²) < 4.78 is 2.04. The largest absolute Gasteiger partial charge is 0.382 e. The molecule has 6 rings (SSSR count). The fourth-order valence-corrected chi connectivity index (χ4v) is 6.08. The highest BCUT2D eigenvalue weighted by Crippen LogP contribution is 2.39. The Kier molecular flexibility index (Phi) is 5.34. The molecule has 2 fully saturated rings. The Morgan fingerprint density at radius 2 is 1.86 bits per heavy atom. The van der Waals surface area contributed by atoms with E-state index >= 15 is 0 Å². The number of fused-ring (bicyclic) bond motifs is 2. The lowest BCUT2D eigenvalue weighted by Gasteiger charge is -2.34. The Morgan fingerprint density at radius 3 is 2.64 bits per heavy atom. The molecule has 0 radical (unpaired) electrons. The van der Waals surface area contributed by atoms with Crippen LogP contribution in [0.25, 0.3) is 16.8 Å². The standard InChI is InChI=1S/C29H31N5O2/c1-18-5-3-4-6-23(18)29(2,36)21-10-7-19(8-11-21)25-26-27(30)31-15-16-33(26)28(32-25)20-9-12-22-13-14-24(35)34(22)17-20/h3-8,10-11,15-16,20,22,36H,9,12-14,17H2,1-2H3,(H2,30,31)/t20-,22+,29-/m1/s1. The lowest BCUT2D eigenvalue weighted by atomic mass is 9.85. The van der Waals surface area contributed by atoms with Crippen molar-refractivity contribution in [2.75, 3.05) is 12.3 Å². The number of aryl methyl sites for hydroxylation is 1. The molecule has 0 unspecified atom stereocenters. The highest BCUT2D eigenvalue weighted by molar-refractivity contribution is 5.85. The van der Waals surface area contributed by atoms with Crippen molar-refractivity contribution in [3.05, 3.63) is 83.4 Å². The Labute approximate surface area is 210 Å². The minimum atomic E-state index is -1.12. The number of hydrogen-bond acceptors (Lipinski definition) is 5. The fraction of sp³-hybridized carbons (Fsp3) is 0.345. The molecule has 2 saturated heterocycles. The van der Waals surface area contributed by atoms with E-state index < -0.39 is 5.60 Å². The molecule has 3 atom stereocenters. The lowest BCUT2D eigenvalue weighted by molar-refractivity contribution is -0.130. The van der Waals surface area contributed by atoms with Gasteiger partial charge in [0, 0.05) is 42.9 Å². The van der Waals surface area contributed by atoms with E-state index in [1.54, 1.807) is 6.20 Å². The summed E-state index contributed by atoms with van der Waals surface area (Å²) in [5, 5.41) is 11.4. The number of rotatable bonds is 4. The van der Waals surface area contributed by atoms with Crippen molar-refractivity contribution in [1.82, 2.24) is 19.3 Å². The monoisotopic (exact) mass is 481 g/mol. The van der Waals surface area contributed by atoms with Gasteiger partial charge in [0.2, 0.25) is 5.91 Å². The van der Waals surface area contributed by atoms with E-state index in [0.717, 1.165) is 58.6 Å². The van der Waals surface area contributed by atoms with Gasteiger partial charge in [-0.3, -0.25) is 9.20 Å². The zero-order valence-corrected chi connectivity index (χ0v) is 20.7. The average molecular weight is 482 g/mol. The summed E-state index contributed by atoms with van der Waals surface area (Å²) >= 11 is 0. The molecule has 7 heteroatoms. The first-order valence-corrected chi connectivity index (χ1v) is 12.7. The third-order valence-electron chi connectivity index (χ3n) is 8.08. The first-order valence-electron chi connectivity index (χ1n) is 12.7. The SMILES string of the molecule is Cc1ccccc1[C@](C)(O)c1ccc(-c2nc([C@@H]3CC[C@H]4CCC(=O)N4C3)n3ccnc(N)c23)cc1. The molecular weight excluding hydrogens is 450 g/mol. The molecule has 3 N–H and O–H groups in total. The maximum atomic E-state index is 12.4. The Bertz CT molecular complexity index is 1460. The zero-order chi connectivity index (χ0) is 25.0. The summed E-state index contributed by atoms with van der Waals surface area (Å²) in [5.74, 6) is 1.74. The molecule has 7 nitrogen and oxygen atoms in total. The molecule has 2 aromatic carbocycles. The van der Waals surface area contributed by atoms with Gasteiger partial charge >= 0.3 is 0 Å². The molecule has 184 valence electrons. The Hall–Kier alpha value is -3.71. The van der Waals surface area contributed by atoms with Gasteiger partial charge in [0.15, 0.2) is 0 Å². The summed E-state index contributed by atoms with van der Waals surface area (Å²) in [6.07, 6.45) is 7.23. The van der Waals surface area contributed by atoms with Crippen LogP contribution in [0, 0.1) is 6.92 Å². The predicted octanol–water partition coefficient (Wildman–Crippen LogP) is 4.41. The number of nitrogens with two attached hydrogens (primary N) is 1. The molecule has 0 spiro atoms. The third-order valence-corrected chi connectivity index (χ3v) is 8.08. The smallest absolute Gasteiger partial charge is 0.222 e. The van der Waals surface area contributed by atoms with Crippen molar-refractivity contribution in [3.63, 3.8) is 0 Å². The first-order chi connectivity index (χ1) is 17.3. The van der Waals surface area contributed by atoms with Gasteiger partial charge < -0.3 is 15.7 Å². The summed E-state index contributed by atoms with van der Waals surface area (Å²) in [6.45, 7) is 4.53. The maximum Gasteiger partial charge on any atom is 0.222 e. The molecule has 0 saturated carbocycles. The van der Waals surface area contributed by atoms with Gasteiger partial charge in [0.25, 0.3) is 0 Å². The Balaban J connectivity index is 1.39. The summed E-state index contributed by atoms with van der Waals surface area (Å²) in [5.41, 5.74) is 10.4. The van der Waals surface area contributed by atoms with Crippen LogP contribution in [0.2, 0.25) is 0 Å².